The first-order valence-electron chi connectivity index (χ1n) is 11.3. The molecule has 0 aliphatic heterocycles. The Morgan fingerprint density at radius 3 is 2.00 bits per heavy atom. The zero-order chi connectivity index (χ0) is 21.3. The number of carbonyl (C=O) groups excluding carboxylic acids is 2. The number of amides is 1. The summed E-state index contributed by atoms with van der Waals surface area (Å²) < 4.78 is 11.7. The van der Waals surface area contributed by atoms with Gasteiger partial charge in [0.25, 0.3) is 0 Å². The van der Waals surface area contributed by atoms with E-state index in [4.69, 9.17) is 9.47 Å². The number of carbonyl (C=O) groups is 2. The lowest BCUT2D eigenvalue weighted by atomic mass is 10.2. The van der Waals surface area contributed by atoms with Gasteiger partial charge in [-0.15, -0.1) is 0 Å². The summed E-state index contributed by atoms with van der Waals surface area (Å²) in [4.78, 5) is 23.3. The molecule has 1 amide bonds. The molecule has 0 bridgehead atoms. The fourth-order valence-corrected chi connectivity index (χ4v) is 3.03. The van der Waals surface area contributed by atoms with Gasteiger partial charge in [0.05, 0.1) is 25.3 Å². The fourth-order valence-electron chi connectivity index (χ4n) is 3.03. The Bertz CT molecular complexity index is 601. The van der Waals surface area contributed by atoms with Crippen molar-refractivity contribution in [3.8, 4) is 11.5 Å². The third-order valence-corrected chi connectivity index (χ3v) is 4.66. The van der Waals surface area contributed by atoms with Gasteiger partial charge in [0.15, 0.2) is 0 Å². The number of hydrogen-bond acceptors (Lipinski definition) is 4. The van der Waals surface area contributed by atoms with E-state index < -0.39 is 0 Å². The third kappa shape index (κ3) is 12.2. The van der Waals surface area contributed by atoms with Crippen LogP contribution in [0.2, 0.25) is 0 Å². The van der Waals surface area contributed by atoms with Gasteiger partial charge in [0.2, 0.25) is 5.91 Å². The van der Waals surface area contributed by atoms with E-state index in [1.807, 2.05) is 12.1 Å². The van der Waals surface area contributed by atoms with Gasteiger partial charge >= 0.3 is 0 Å². The summed E-state index contributed by atoms with van der Waals surface area (Å²) in [6.07, 6.45) is 11.6. The van der Waals surface area contributed by atoms with Crippen molar-refractivity contribution in [2.75, 3.05) is 18.5 Å². The molecule has 1 rings (SSSR count). The van der Waals surface area contributed by atoms with E-state index in [-0.39, 0.29) is 18.1 Å². The molecule has 1 aromatic carbocycles. The molecule has 0 unspecified atom stereocenters. The van der Waals surface area contributed by atoms with Crippen molar-refractivity contribution in [1.29, 1.82) is 0 Å². The summed E-state index contributed by atoms with van der Waals surface area (Å²) in [7, 11) is 0. The van der Waals surface area contributed by atoms with Crippen LogP contribution < -0.4 is 14.8 Å². The summed E-state index contributed by atoms with van der Waals surface area (Å²) in [5.74, 6) is 0.823. The highest BCUT2D eigenvalue weighted by atomic mass is 16.5. The number of ether oxygens (including phenoxy) is 2. The van der Waals surface area contributed by atoms with Crippen molar-refractivity contribution in [3.63, 3.8) is 0 Å². The van der Waals surface area contributed by atoms with E-state index >= 15 is 0 Å². The molecular weight excluding hydrogens is 366 g/mol. The minimum absolute atomic E-state index is 0.140. The lowest BCUT2D eigenvalue weighted by Crippen LogP contribution is -2.15. The second kappa shape index (κ2) is 15.8. The summed E-state index contributed by atoms with van der Waals surface area (Å²) in [5.41, 5.74) is 0.563. The normalized spacial score (nSPS) is 10.6. The number of ketones is 1. The predicted molar refractivity (Wildman–Crippen MR) is 119 cm³/mol. The zero-order valence-electron chi connectivity index (χ0n) is 18.6. The Hall–Kier alpha value is -2.04. The monoisotopic (exact) mass is 405 g/mol. The first-order chi connectivity index (χ1) is 14.1. The highest BCUT2D eigenvalue weighted by molar-refractivity contribution is 6.04. The minimum Gasteiger partial charge on any atom is -0.494 e. The molecule has 164 valence electrons. The van der Waals surface area contributed by atoms with Crippen molar-refractivity contribution in [3.05, 3.63) is 18.2 Å². The van der Waals surface area contributed by atoms with Crippen LogP contribution >= 0.6 is 0 Å². The minimum atomic E-state index is -0.331. The molecule has 5 nitrogen and oxygen atoms in total. The fraction of sp³-hybridized carbons (Fsp3) is 0.667. The SMILES string of the molecule is CCCCCCCOc1ccc(OCCCCCCC)c(NC(=O)CC(C)=O)c1. The van der Waals surface area contributed by atoms with Gasteiger partial charge in [-0.2, -0.15) is 0 Å². The van der Waals surface area contributed by atoms with Gasteiger partial charge in [-0.1, -0.05) is 65.2 Å². The number of unbranched alkanes of at least 4 members (excludes halogenated alkanes) is 8. The van der Waals surface area contributed by atoms with Gasteiger partial charge in [-0.05, 0) is 31.9 Å². The molecule has 0 aromatic heterocycles. The van der Waals surface area contributed by atoms with Crippen molar-refractivity contribution in [1.82, 2.24) is 0 Å². The molecule has 0 spiro atoms. The largest absolute Gasteiger partial charge is 0.494 e. The van der Waals surface area contributed by atoms with E-state index in [0.717, 1.165) is 25.7 Å². The molecule has 0 aliphatic carbocycles. The number of benzene rings is 1. The van der Waals surface area contributed by atoms with Gasteiger partial charge in [-0.25, -0.2) is 0 Å². The number of nitrogens with one attached hydrogen (secondary N) is 1. The Morgan fingerprint density at radius 2 is 1.41 bits per heavy atom. The van der Waals surface area contributed by atoms with Crippen LogP contribution in [-0.4, -0.2) is 24.9 Å². The molecule has 0 radical (unpaired) electrons. The average Bonchev–Trinajstić information content (AvgIpc) is 2.68. The molecule has 0 saturated heterocycles. The molecule has 1 aromatic rings. The van der Waals surface area contributed by atoms with Crippen LogP contribution in [0.1, 0.15) is 91.4 Å². The van der Waals surface area contributed by atoms with Gasteiger partial charge in [0, 0.05) is 6.07 Å². The van der Waals surface area contributed by atoms with Gasteiger partial charge < -0.3 is 14.8 Å². The van der Waals surface area contributed by atoms with Gasteiger partial charge in [-0.3, -0.25) is 9.59 Å². The van der Waals surface area contributed by atoms with Crippen LogP contribution in [0.5, 0.6) is 11.5 Å². The number of anilines is 1. The van der Waals surface area contributed by atoms with Crippen LogP contribution in [0.4, 0.5) is 5.69 Å². The van der Waals surface area contributed by atoms with Crippen molar-refractivity contribution in [2.24, 2.45) is 0 Å². The molecule has 5 heteroatoms. The Morgan fingerprint density at radius 1 is 0.828 bits per heavy atom. The van der Waals surface area contributed by atoms with E-state index in [1.165, 1.54) is 45.4 Å². The predicted octanol–water partition coefficient (Wildman–Crippen LogP) is 6.30. The maximum atomic E-state index is 12.1. The zero-order valence-corrected chi connectivity index (χ0v) is 18.6. The van der Waals surface area contributed by atoms with Crippen LogP contribution in [0.25, 0.3) is 0 Å². The topological polar surface area (TPSA) is 64.6 Å². The lowest BCUT2D eigenvalue weighted by molar-refractivity contribution is -0.124. The maximum Gasteiger partial charge on any atom is 0.231 e. The molecule has 0 saturated carbocycles. The van der Waals surface area contributed by atoms with E-state index in [0.29, 0.717) is 30.4 Å². The standard InChI is InChI=1S/C24H39NO4/c1-4-6-8-10-12-16-28-21-14-15-23(29-17-13-11-9-7-5-2)22(19-21)25-24(27)18-20(3)26/h14-15,19H,4-13,16-18H2,1-3H3,(H,25,27). The highest BCUT2D eigenvalue weighted by Gasteiger charge is 2.12. The molecule has 0 aliphatic rings. The Labute approximate surface area is 176 Å². The van der Waals surface area contributed by atoms with Gasteiger partial charge in [0.1, 0.15) is 17.3 Å². The van der Waals surface area contributed by atoms with E-state index in [9.17, 15) is 9.59 Å². The molecule has 29 heavy (non-hydrogen) atoms. The van der Waals surface area contributed by atoms with Crippen molar-refractivity contribution >= 4 is 17.4 Å². The second-order valence-corrected chi connectivity index (χ2v) is 7.61. The van der Waals surface area contributed by atoms with Crippen LogP contribution in [0.15, 0.2) is 18.2 Å². The van der Waals surface area contributed by atoms with Crippen molar-refractivity contribution < 1.29 is 19.1 Å². The van der Waals surface area contributed by atoms with Crippen LogP contribution in [0, 0.1) is 0 Å². The second-order valence-electron chi connectivity index (χ2n) is 7.61. The summed E-state index contributed by atoms with van der Waals surface area (Å²) in [6.45, 7) is 7.07. The first kappa shape index (κ1) is 25.0. The quantitative estimate of drug-likeness (QED) is 0.244. The molecular formula is C24H39NO4. The first-order valence-corrected chi connectivity index (χ1v) is 11.3. The Balaban J connectivity index is 2.62. The summed E-state index contributed by atoms with van der Waals surface area (Å²) in [5, 5.41) is 2.80. The van der Waals surface area contributed by atoms with Crippen molar-refractivity contribution in [2.45, 2.75) is 91.4 Å². The lowest BCUT2D eigenvalue weighted by Gasteiger charge is -2.15. The smallest absolute Gasteiger partial charge is 0.231 e. The summed E-state index contributed by atoms with van der Waals surface area (Å²) in [6, 6.07) is 5.50. The molecule has 0 fully saturated rings. The third-order valence-electron chi connectivity index (χ3n) is 4.66. The number of Topliss-reactive ketones (excluding diaryl/α,β-unsaturated/α-hetero) is 1. The number of hydrogen-bond donors (Lipinski definition) is 1. The van der Waals surface area contributed by atoms with E-state index in [1.54, 1.807) is 6.07 Å². The maximum absolute atomic E-state index is 12.1. The molecule has 0 atom stereocenters. The summed E-state index contributed by atoms with van der Waals surface area (Å²) >= 11 is 0. The molecule has 0 heterocycles. The Kier molecular flexibility index (Phi) is 13.6. The molecule has 1 N–H and O–H groups in total. The van der Waals surface area contributed by atoms with Crippen LogP contribution in [0.3, 0.4) is 0 Å². The van der Waals surface area contributed by atoms with Crippen LogP contribution in [-0.2, 0) is 9.59 Å². The van der Waals surface area contributed by atoms with E-state index in [2.05, 4.69) is 19.2 Å². The number of rotatable bonds is 17. The highest BCUT2D eigenvalue weighted by Crippen LogP contribution is 2.30. The average molecular weight is 406 g/mol.